The highest BCUT2D eigenvalue weighted by molar-refractivity contribution is 5.78. The first-order chi connectivity index (χ1) is 8.36. The highest BCUT2D eigenvalue weighted by Crippen LogP contribution is 2.34. The Labute approximate surface area is 106 Å². The van der Waals surface area contributed by atoms with Gasteiger partial charge in [-0.15, -0.1) is 0 Å². The lowest BCUT2D eigenvalue weighted by atomic mass is 9.95. The minimum atomic E-state index is -4.12. The Balaban J connectivity index is 2.40. The van der Waals surface area contributed by atoms with E-state index in [2.05, 4.69) is 5.32 Å². The van der Waals surface area contributed by atoms with E-state index in [4.69, 9.17) is 0 Å². The van der Waals surface area contributed by atoms with Crippen molar-refractivity contribution in [2.45, 2.75) is 32.9 Å². The lowest BCUT2D eigenvalue weighted by Crippen LogP contribution is -2.45. The third-order valence-corrected chi connectivity index (χ3v) is 3.39. The lowest BCUT2D eigenvalue weighted by molar-refractivity contribution is -0.186. The number of nitrogens with zero attached hydrogens (tertiary/aromatic N) is 1. The predicted molar refractivity (Wildman–Crippen MR) is 63.1 cm³/mol. The number of carbonyl (C=O) groups excluding carboxylic acids is 1. The summed E-state index contributed by atoms with van der Waals surface area (Å²) < 4.78 is 37.4. The Morgan fingerprint density at radius 3 is 2.39 bits per heavy atom. The molecular formula is C12H21F3N2O. The van der Waals surface area contributed by atoms with Gasteiger partial charge < -0.3 is 10.2 Å². The first kappa shape index (κ1) is 15.3. The second kappa shape index (κ2) is 6.41. The third kappa shape index (κ3) is 4.15. The number of nitrogens with one attached hydrogen (secondary N) is 1. The summed E-state index contributed by atoms with van der Waals surface area (Å²) in [5.74, 6) is -1.46. The van der Waals surface area contributed by atoms with Gasteiger partial charge in [-0.05, 0) is 19.4 Å². The Morgan fingerprint density at radius 1 is 1.39 bits per heavy atom. The highest BCUT2D eigenvalue weighted by Gasteiger charge is 2.41. The van der Waals surface area contributed by atoms with E-state index < -0.39 is 12.1 Å². The first-order valence-electron chi connectivity index (χ1n) is 6.42. The average Bonchev–Trinajstić information content (AvgIpc) is 2.34. The molecule has 1 N–H and O–H groups in total. The van der Waals surface area contributed by atoms with Crippen molar-refractivity contribution in [3.8, 4) is 0 Å². The molecule has 1 atom stereocenters. The van der Waals surface area contributed by atoms with Gasteiger partial charge in [-0.25, -0.2) is 0 Å². The molecule has 0 spiro atoms. The minimum absolute atomic E-state index is 0.0309. The molecule has 1 heterocycles. The lowest BCUT2D eigenvalue weighted by Gasteiger charge is -2.34. The van der Waals surface area contributed by atoms with Crippen LogP contribution < -0.4 is 5.32 Å². The van der Waals surface area contributed by atoms with E-state index >= 15 is 0 Å². The molecule has 1 amide bonds. The number of hydrogen-bond acceptors (Lipinski definition) is 2. The van der Waals surface area contributed by atoms with Crippen LogP contribution in [0.4, 0.5) is 13.2 Å². The number of hydrogen-bond donors (Lipinski definition) is 1. The molecule has 0 aliphatic carbocycles. The van der Waals surface area contributed by atoms with Crippen molar-refractivity contribution >= 4 is 5.91 Å². The molecule has 0 bridgehead atoms. The molecule has 3 nitrogen and oxygen atoms in total. The van der Waals surface area contributed by atoms with E-state index in [0.29, 0.717) is 6.54 Å². The first-order valence-corrected chi connectivity index (χ1v) is 6.42. The van der Waals surface area contributed by atoms with Gasteiger partial charge >= 0.3 is 6.18 Å². The summed E-state index contributed by atoms with van der Waals surface area (Å²) in [7, 11) is 0. The smallest absolute Gasteiger partial charge is 0.342 e. The molecule has 1 saturated heterocycles. The van der Waals surface area contributed by atoms with Crippen LogP contribution in [-0.4, -0.2) is 43.2 Å². The molecular weight excluding hydrogens is 245 g/mol. The van der Waals surface area contributed by atoms with Crippen molar-refractivity contribution in [3.05, 3.63) is 0 Å². The number of alkyl halides is 3. The number of rotatable bonds is 4. The van der Waals surface area contributed by atoms with Gasteiger partial charge in [-0.1, -0.05) is 13.8 Å². The van der Waals surface area contributed by atoms with Crippen LogP contribution in [0.15, 0.2) is 0 Å². The second-order valence-electron chi connectivity index (χ2n) is 4.85. The van der Waals surface area contributed by atoms with Gasteiger partial charge in [0.15, 0.2) is 0 Å². The van der Waals surface area contributed by atoms with Crippen molar-refractivity contribution in [1.29, 1.82) is 0 Å². The van der Waals surface area contributed by atoms with Crippen LogP contribution in [0, 0.1) is 11.8 Å². The quantitative estimate of drug-likeness (QED) is 0.844. The third-order valence-electron chi connectivity index (χ3n) is 3.39. The summed E-state index contributed by atoms with van der Waals surface area (Å²) in [6.45, 7) is 5.56. The molecule has 1 unspecified atom stereocenters. The summed E-state index contributed by atoms with van der Waals surface area (Å²) >= 11 is 0. The molecule has 6 heteroatoms. The van der Waals surface area contributed by atoms with Crippen molar-refractivity contribution in [2.24, 2.45) is 11.8 Å². The van der Waals surface area contributed by atoms with Crippen LogP contribution in [0.5, 0.6) is 0 Å². The van der Waals surface area contributed by atoms with E-state index in [1.165, 1.54) is 0 Å². The van der Waals surface area contributed by atoms with E-state index in [1.54, 1.807) is 11.8 Å². The van der Waals surface area contributed by atoms with Gasteiger partial charge in [0.25, 0.3) is 0 Å². The topological polar surface area (TPSA) is 32.3 Å². The molecule has 1 rings (SSSR count). The van der Waals surface area contributed by atoms with Gasteiger partial charge in [0.05, 0.1) is 5.92 Å². The van der Waals surface area contributed by atoms with Crippen molar-refractivity contribution in [1.82, 2.24) is 10.2 Å². The fraction of sp³-hybridized carbons (Fsp3) is 0.917. The zero-order valence-electron chi connectivity index (χ0n) is 10.9. The van der Waals surface area contributed by atoms with Gasteiger partial charge in [0, 0.05) is 25.6 Å². The average molecular weight is 266 g/mol. The largest absolute Gasteiger partial charge is 0.391 e. The molecule has 1 aliphatic heterocycles. The van der Waals surface area contributed by atoms with Crippen LogP contribution in [-0.2, 0) is 4.79 Å². The molecule has 106 valence electrons. The molecule has 0 saturated carbocycles. The molecule has 0 radical (unpaired) electrons. The standard InChI is InChI=1S/C12H21F3N2O/c1-3-16-8-9(2)11(18)17-6-4-10(5-7-17)12(13,14)15/h9-10,16H,3-8H2,1-2H3. The van der Waals surface area contributed by atoms with Gasteiger partial charge in [0.1, 0.15) is 0 Å². The molecule has 0 aromatic carbocycles. The summed E-state index contributed by atoms with van der Waals surface area (Å²) in [6.07, 6.45) is -4.06. The second-order valence-corrected chi connectivity index (χ2v) is 4.85. The maximum absolute atomic E-state index is 12.5. The van der Waals surface area contributed by atoms with Gasteiger partial charge in [0.2, 0.25) is 5.91 Å². The van der Waals surface area contributed by atoms with Crippen molar-refractivity contribution in [2.75, 3.05) is 26.2 Å². The van der Waals surface area contributed by atoms with E-state index in [1.807, 2.05) is 6.92 Å². The summed E-state index contributed by atoms with van der Waals surface area (Å²) in [5.41, 5.74) is 0. The Hall–Kier alpha value is -0.780. The van der Waals surface area contributed by atoms with Crippen LogP contribution in [0.2, 0.25) is 0 Å². The fourth-order valence-electron chi connectivity index (χ4n) is 2.19. The van der Waals surface area contributed by atoms with Crippen molar-refractivity contribution in [3.63, 3.8) is 0 Å². The van der Waals surface area contributed by atoms with Crippen LogP contribution in [0.1, 0.15) is 26.7 Å². The van der Waals surface area contributed by atoms with E-state index in [9.17, 15) is 18.0 Å². The van der Waals surface area contributed by atoms with E-state index in [0.717, 1.165) is 6.54 Å². The maximum atomic E-state index is 12.5. The highest BCUT2D eigenvalue weighted by atomic mass is 19.4. The maximum Gasteiger partial charge on any atom is 0.391 e. The Kier molecular flexibility index (Phi) is 5.44. The van der Waals surface area contributed by atoms with Gasteiger partial charge in [-0.3, -0.25) is 4.79 Å². The minimum Gasteiger partial charge on any atom is -0.342 e. The number of piperidine rings is 1. The monoisotopic (exact) mass is 266 g/mol. The van der Waals surface area contributed by atoms with E-state index in [-0.39, 0.29) is 37.8 Å². The molecule has 18 heavy (non-hydrogen) atoms. The zero-order chi connectivity index (χ0) is 13.8. The summed E-state index contributed by atoms with van der Waals surface area (Å²) in [6, 6.07) is 0. The zero-order valence-corrected chi connectivity index (χ0v) is 10.9. The normalized spacial score (nSPS) is 19.9. The van der Waals surface area contributed by atoms with Crippen LogP contribution >= 0.6 is 0 Å². The summed E-state index contributed by atoms with van der Waals surface area (Å²) in [5, 5.41) is 3.07. The fourth-order valence-corrected chi connectivity index (χ4v) is 2.19. The molecule has 0 aromatic rings. The SMILES string of the molecule is CCNCC(C)C(=O)N1CCC(C(F)(F)F)CC1. The Bertz CT molecular complexity index is 273. The van der Waals surface area contributed by atoms with Gasteiger partial charge in [-0.2, -0.15) is 13.2 Å². The number of likely N-dealkylation sites (tertiary alicyclic amines) is 1. The summed E-state index contributed by atoms with van der Waals surface area (Å²) in [4.78, 5) is 13.5. The van der Waals surface area contributed by atoms with Crippen molar-refractivity contribution < 1.29 is 18.0 Å². The number of carbonyl (C=O) groups is 1. The molecule has 1 aliphatic rings. The Morgan fingerprint density at radius 2 is 1.94 bits per heavy atom. The van der Waals surface area contributed by atoms with Crippen LogP contribution in [0.3, 0.4) is 0 Å². The molecule has 0 aromatic heterocycles. The number of halogens is 3. The predicted octanol–water partition coefficient (Wildman–Crippen LogP) is 2.03. The number of amides is 1. The van der Waals surface area contributed by atoms with Crippen LogP contribution in [0.25, 0.3) is 0 Å². The molecule has 1 fully saturated rings.